The van der Waals surface area contributed by atoms with Gasteiger partial charge in [0.05, 0.1) is 12.8 Å². The number of aliphatic carboxylic acids is 3. The Morgan fingerprint density at radius 2 is 1.26 bits per heavy atom. The molecule has 0 atom stereocenters. The van der Waals surface area contributed by atoms with Crippen molar-refractivity contribution < 1.29 is 29.7 Å². The molecule has 110 valence electrons. The smallest absolute Gasteiger partial charge is 0.325 e. The lowest BCUT2D eigenvalue weighted by Gasteiger charge is -2.38. The van der Waals surface area contributed by atoms with E-state index in [0.29, 0.717) is 25.9 Å². The largest absolute Gasteiger partial charge is 0.481 e. The third-order valence-electron chi connectivity index (χ3n) is 2.88. The van der Waals surface area contributed by atoms with Gasteiger partial charge in [-0.15, -0.1) is 0 Å². The molecule has 0 fully saturated rings. The molecule has 19 heavy (non-hydrogen) atoms. The maximum Gasteiger partial charge on any atom is 0.325 e. The van der Waals surface area contributed by atoms with E-state index in [1.165, 1.54) is 4.90 Å². The molecular weight excluding hydrogens is 254 g/mol. The first-order valence-corrected chi connectivity index (χ1v) is 6.22. The maximum atomic E-state index is 11.5. The zero-order valence-corrected chi connectivity index (χ0v) is 11.3. The molecule has 0 aromatic carbocycles. The summed E-state index contributed by atoms with van der Waals surface area (Å²) >= 11 is 0. The van der Waals surface area contributed by atoms with Crippen LogP contribution in [0.3, 0.4) is 0 Å². The Balaban J connectivity index is 5.53. The molecule has 7 heteroatoms. The number of carboxylic acids is 3. The van der Waals surface area contributed by atoms with Crippen molar-refractivity contribution in [1.82, 2.24) is 4.90 Å². The molecule has 3 N–H and O–H groups in total. The Morgan fingerprint density at radius 3 is 1.47 bits per heavy atom. The first kappa shape index (κ1) is 17.4. The molecule has 0 saturated heterocycles. The minimum Gasteiger partial charge on any atom is -0.481 e. The summed E-state index contributed by atoms with van der Waals surface area (Å²) in [5, 5.41) is 27.2. The van der Waals surface area contributed by atoms with Crippen molar-refractivity contribution in [1.29, 1.82) is 0 Å². The second-order valence-corrected chi connectivity index (χ2v) is 4.46. The number of hydrogen-bond acceptors (Lipinski definition) is 4. The van der Waals surface area contributed by atoms with Gasteiger partial charge in [-0.05, 0) is 25.9 Å². The van der Waals surface area contributed by atoms with E-state index in [9.17, 15) is 19.5 Å². The van der Waals surface area contributed by atoms with Crippen LogP contribution in [0.4, 0.5) is 0 Å². The van der Waals surface area contributed by atoms with Crippen LogP contribution in [0.1, 0.15) is 39.5 Å². The van der Waals surface area contributed by atoms with E-state index in [1.807, 2.05) is 13.8 Å². The summed E-state index contributed by atoms with van der Waals surface area (Å²) in [7, 11) is 0. The van der Waals surface area contributed by atoms with Gasteiger partial charge in [-0.25, -0.2) is 0 Å². The van der Waals surface area contributed by atoms with Gasteiger partial charge in [0, 0.05) is 0 Å². The van der Waals surface area contributed by atoms with Gasteiger partial charge in [-0.3, -0.25) is 19.3 Å². The van der Waals surface area contributed by atoms with Crippen LogP contribution in [0.15, 0.2) is 0 Å². The number of nitrogens with zero attached hydrogens (tertiary/aromatic N) is 1. The Morgan fingerprint density at radius 1 is 0.895 bits per heavy atom. The number of rotatable bonds is 10. The van der Waals surface area contributed by atoms with Gasteiger partial charge in [0.2, 0.25) is 0 Å². The summed E-state index contributed by atoms with van der Waals surface area (Å²) in [5.74, 6) is -4.04. The molecule has 0 rings (SSSR count). The summed E-state index contributed by atoms with van der Waals surface area (Å²) in [4.78, 5) is 34.8. The fourth-order valence-corrected chi connectivity index (χ4v) is 2.15. The minimum atomic E-state index is -1.89. The molecule has 0 aromatic rings. The van der Waals surface area contributed by atoms with E-state index in [2.05, 4.69) is 0 Å². The van der Waals surface area contributed by atoms with Crippen molar-refractivity contribution in [3.05, 3.63) is 0 Å². The zero-order valence-electron chi connectivity index (χ0n) is 11.3. The number of carboxylic acid groups (broad SMARTS) is 3. The van der Waals surface area contributed by atoms with Gasteiger partial charge in [0.25, 0.3) is 0 Å². The molecule has 0 amide bonds. The highest BCUT2D eigenvalue weighted by Crippen LogP contribution is 2.26. The average Bonchev–Trinajstić information content (AvgIpc) is 2.26. The molecule has 0 aliphatic heterocycles. The molecule has 0 aromatic heterocycles. The fraction of sp³-hybridized carbons (Fsp3) is 0.750. The van der Waals surface area contributed by atoms with E-state index in [1.54, 1.807) is 0 Å². The summed E-state index contributed by atoms with van der Waals surface area (Å²) in [6.07, 6.45) is -0.216. The van der Waals surface area contributed by atoms with Crippen molar-refractivity contribution >= 4 is 17.9 Å². The Bertz CT molecular complexity index is 319. The normalized spacial score (nSPS) is 11.5. The van der Waals surface area contributed by atoms with Crippen molar-refractivity contribution in [2.75, 3.05) is 13.1 Å². The molecule has 0 spiro atoms. The molecule has 0 unspecified atom stereocenters. The van der Waals surface area contributed by atoms with Gasteiger partial charge in [-0.2, -0.15) is 0 Å². The fourth-order valence-electron chi connectivity index (χ4n) is 2.15. The van der Waals surface area contributed by atoms with Crippen molar-refractivity contribution in [2.24, 2.45) is 0 Å². The van der Waals surface area contributed by atoms with E-state index < -0.39 is 36.3 Å². The molecule has 7 nitrogen and oxygen atoms in total. The number of carbonyl (C=O) groups is 3. The van der Waals surface area contributed by atoms with Gasteiger partial charge in [0.15, 0.2) is 0 Å². The van der Waals surface area contributed by atoms with Crippen molar-refractivity contribution in [2.45, 2.75) is 45.1 Å². The quantitative estimate of drug-likeness (QED) is 0.542. The SMILES string of the molecule is CCCN(CCC)C(CC(=O)O)(CC(=O)O)C(=O)O. The highest BCUT2D eigenvalue weighted by atomic mass is 16.4. The lowest BCUT2D eigenvalue weighted by atomic mass is 9.88. The molecule has 0 heterocycles. The van der Waals surface area contributed by atoms with Crippen LogP contribution in [-0.4, -0.2) is 56.8 Å². The van der Waals surface area contributed by atoms with Gasteiger partial charge in [0.1, 0.15) is 5.54 Å². The Hall–Kier alpha value is -1.63. The van der Waals surface area contributed by atoms with Gasteiger partial charge < -0.3 is 15.3 Å². The Labute approximate surface area is 111 Å². The van der Waals surface area contributed by atoms with E-state index in [-0.39, 0.29) is 0 Å². The number of hydrogen-bond donors (Lipinski definition) is 3. The zero-order chi connectivity index (χ0) is 15.1. The molecule has 0 saturated carbocycles. The molecule has 0 bridgehead atoms. The predicted octanol–water partition coefficient (Wildman–Crippen LogP) is 0.881. The van der Waals surface area contributed by atoms with E-state index in [0.717, 1.165) is 0 Å². The van der Waals surface area contributed by atoms with E-state index in [4.69, 9.17) is 10.2 Å². The van der Waals surface area contributed by atoms with Crippen LogP contribution >= 0.6 is 0 Å². The predicted molar refractivity (Wildman–Crippen MR) is 67.0 cm³/mol. The highest BCUT2D eigenvalue weighted by molar-refractivity contribution is 5.89. The van der Waals surface area contributed by atoms with Crippen molar-refractivity contribution in [3.63, 3.8) is 0 Å². The lowest BCUT2D eigenvalue weighted by Crippen LogP contribution is -2.57. The first-order chi connectivity index (χ1) is 8.80. The van der Waals surface area contributed by atoms with Crippen LogP contribution in [0, 0.1) is 0 Å². The topological polar surface area (TPSA) is 115 Å². The molecular formula is C12H21NO6. The second-order valence-electron chi connectivity index (χ2n) is 4.46. The van der Waals surface area contributed by atoms with Gasteiger partial charge in [-0.1, -0.05) is 13.8 Å². The van der Waals surface area contributed by atoms with E-state index >= 15 is 0 Å². The average molecular weight is 275 g/mol. The standard InChI is InChI=1S/C12H21NO6/c1-3-5-13(6-4-2)12(11(18)19,7-9(14)15)8-10(16)17/h3-8H2,1-2H3,(H,14,15)(H,16,17)(H,18,19). The minimum absolute atomic E-state index is 0.348. The van der Waals surface area contributed by atoms with Crippen LogP contribution in [0.5, 0.6) is 0 Å². The first-order valence-electron chi connectivity index (χ1n) is 6.22. The molecule has 0 radical (unpaired) electrons. The van der Waals surface area contributed by atoms with Crippen LogP contribution in [0.25, 0.3) is 0 Å². The summed E-state index contributed by atoms with van der Waals surface area (Å²) in [5.41, 5.74) is -1.89. The maximum absolute atomic E-state index is 11.5. The van der Waals surface area contributed by atoms with Crippen molar-refractivity contribution in [3.8, 4) is 0 Å². The van der Waals surface area contributed by atoms with Crippen LogP contribution < -0.4 is 0 Å². The monoisotopic (exact) mass is 275 g/mol. The lowest BCUT2D eigenvalue weighted by molar-refractivity contribution is -0.163. The van der Waals surface area contributed by atoms with Crippen LogP contribution in [0.2, 0.25) is 0 Å². The summed E-state index contributed by atoms with van der Waals surface area (Å²) in [6.45, 7) is 4.36. The third-order valence-corrected chi connectivity index (χ3v) is 2.88. The third kappa shape index (κ3) is 4.86. The summed E-state index contributed by atoms with van der Waals surface area (Å²) < 4.78 is 0. The second kappa shape index (κ2) is 7.73. The summed E-state index contributed by atoms with van der Waals surface area (Å²) in [6, 6.07) is 0. The molecule has 0 aliphatic rings. The van der Waals surface area contributed by atoms with Crippen LogP contribution in [-0.2, 0) is 14.4 Å². The van der Waals surface area contributed by atoms with Gasteiger partial charge >= 0.3 is 17.9 Å². The molecule has 0 aliphatic carbocycles. The highest BCUT2D eigenvalue weighted by Gasteiger charge is 2.47. The Kier molecular flexibility index (Phi) is 7.06.